The summed E-state index contributed by atoms with van der Waals surface area (Å²) in [6, 6.07) is 0.952. The molecule has 13 heteroatoms. The van der Waals surface area contributed by atoms with E-state index in [0.717, 1.165) is 31.7 Å². The van der Waals surface area contributed by atoms with E-state index < -0.39 is 87.0 Å². The highest BCUT2D eigenvalue weighted by Crippen LogP contribution is 2.53. The lowest BCUT2D eigenvalue weighted by Gasteiger charge is -2.46. The number of nitrogens with two attached hydrogens (primary N) is 1. The van der Waals surface area contributed by atoms with E-state index in [1.54, 1.807) is 0 Å². The number of aliphatic hydroxyl groups is 3. The van der Waals surface area contributed by atoms with Crippen molar-refractivity contribution in [2.75, 3.05) is 19.0 Å². The molecule has 4 aliphatic carbocycles. The van der Waals surface area contributed by atoms with Gasteiger partial charge in [0.2, 0.25) is 11.7 Å². The first kappa shape index (κ1) is 27.7. The second-order valence-electron chi connectivity index (χ2n) is 10.8. The van der Waals surface area contributed by atoms with Gasteiger partial charge < -0.3 is 36.3 Å². The molecule has 7 N–H and O–H groups in total. The Morgan fingerprint density at radius 1 is 1.20 bits per heavy atom. The fourth-order valence-electron chi connectivity index (χ4n) is 6.61. The lowest BCUT2D eigenvalue weighted by molar-refractivity contribution is -0.166. The molecule has 0 heterocycles. The number of hydrogen-bond donors (Lipinski definition) is 6. The minimum atomic E-state index is -2.72. The van der Waals surface area contributed by atoms with Gasteiger partial charge in [0, 0.05) is 35.6 Å². The van der Waals surface area contributed by atoms with Crippen LogP contribution < -0.4 is 11.1 Å². The number of ketones is 2. The van der Waals surface area contributed by atoms with E-state index in [1.165, 1.54) is 12.2 Å². The zero-order valence-corrected chi connectivity index (χ0v) is 21.7. The van der Waals surface area contributed by atoms with Gasteiger partial charge in [-0.3, -0.25) is 19.2 Å². The summed E-state index contributed by atoms with van der Waals surface area (Å²) >= 11 is 0. The van der Waals surface area contributed by atoms with Gasteiger partial charge in [0.15, 0.2) is 17.1 Å². The van der Waals surface area contributed by atoms with Gasteiger partial charge in [-0.25, -0.2) is 4.39 Å². The summed E-state index contributed by atoms with van der Waals surface area (Å²) in [5.74, 6) is -9.59. The number of hydrogen-bond acceptors (Lipinski definition) is 10. The van der Waals surface area contributed by atoms with Gasteiger partial charge in [0.25, 0.3) is 5.91 Å². The zero-order chi connectivity index (χ0) is 29.1. The SMILES string of the molecule is CON(CC(=O)Nc1cc(F)c2c(c1O)C(O)=C1C(=O)[C@]3(O)C(O)=C(C(N)=O)C(=O)C[C@@H]3CC1C2)C1CCCC1. The van der Waals surface area contributed by atoms with Crippen LogP contribution in [0.2, 0.25) is 0 Å². The second kappa shape index (κ2) is 9.98. The molecule has 4 aliphatic rings. The van der Waals surface area contributed by atoms with Crippen LogP contribution in [0.3, 0.4) is 0 Å². The number of carbonyl (C=O) groups is 4. The van der Waals surface area contributed by atoms with Gasteiger partial charge in [-0.05, 0) is 31.6 Å². The second-order valence-corrected chi connectivity index (χ2v) is 10.8. The van der Waals surface area contributed by atoms with Gasteiger partial charge in [-0.2, -0.15) is 5.06 Å². The van der Waals surface area contributed by atoms with Crippen molar-refractivity contribution in [3.05, 3.63) is 39.9 Å². The van der Waals surface area contributed by atoms with E-state index in [-0.39, 0.29) is 36.7 Å². The standard InChI is InChI=1S/C27H30FN3O9/c1-40-31(13-4-2-3-5-13)10-18(33)30-16-9-15(28)14-7-11-6-12-8-17(32)21(26(29)38)25(37)27(12,39)24(36)19(11)23(35)20(14)22(16)34/h9,11-13,34-35,37,39H,2-8,10H2,1H3,(H2,29,38)(H,30,33)/t11?,12-,27-/m0/s1. The van der Waals surface area contributed by atoms with Crippen LogP contribution in [0, 0.1) is 17.7 Å². The smallest absolute Gasteiger partial charge is 0.255 e. The molecule has 1 aromatic carbocycles. The molecular formula is C27H30FN3O9. The summed E-state index contributed by atoms with van der Waals surface area (Å²) in [6.07, 6.45) is 2.93. The van der Waals surface area contributed by atoms with Crippen LogP contribution in [0.25, 0.3) is 5.76 Å². The highest BCUT2D eigenvalue weighted by Gasteiger charge is 2.60. The molecule has 0 spiro atoms. The van der Waals surface area contributed by atoms with Crippen LogP contribution in [0.5, 0.6) is 5.75 Å². The Balaban J connectivity index is 1.51. The monoisotopic (exact) mass is 559 g/mol. The molecule has 1 unspecified atom stereocenters. The maximum atomic E-state index is 15.3. The van der Waals surface area contributed by atoms with Crippen molar-refractivity contribution >= 4 is 34.8 Å². The molecule has 2 fully saturated rings. The Morgan fingerprint density at radius 3 is 2.50 bits per heavy atom. The number of rotatable bonds is 6. The number of nitrogens with one attached hydrogen (secondary N) is 1. The van der Waals surface area contributed by atoms with E-state index in [0.29, 0.717) is 0 Å². The van der Waals surface area contributed by atoms with Crippen molar-refractivity contribution in [3.8, 4) is 5.75 Å². The first-order chi connectivity index (χ1) is 18.9. The number of hydroxylamine groups is 2. The van der Waals surface area contributed by atoms with Crippen LogP contribution in [-0.4, -0.2) is 74.2 Å². The largest absolute Gasteiger partial charge is 0.508 e. The molecule has 0 radical (unpaired) electrons. The molecule has 0 aromatic heterocycles. The van der Waals surface area contributed by atoms with E-state index in [2.05, 4.69) is 5.32 Å². The molecule has 2 amide bonds. The van der Waals surface area contributed by atoms with Gasteiger partial charge in [0.05, 0.1) is 18.4 Å². The molecule has 0 saturated heterocycles. The minimum Gasteiger partial charge on any atom is -0.508 e. The molecule has 3 atom stereocenters. The highest BCUT2D eigenvalue weighted by molar-refractivity contribution is 6.22. The van der Waals surface area contributed by atoms with Crippen molar-refractivity contribution in [1.82, 2.24) is 5.06 Å². The van der Waals surface area contributed by atoms with Crippen molar-refractivity contribution in [2.24, 2.45) is 17.6 Å². The summed E-state index contributed by atoms with van der Waals surface area (Å²) < 4.78 is 15.3. The molecule has 40 heavy (non-hydrogen) atoms. The number of halogens is 1. The van der Waals surface area contributed by atoms with Gasteiger partial charge in [-0.15, -0.1) is 0 Å². The number of aliphatic hydroxyl groups excluding tert-OH is 2. The lowest BCUT2D eigenvalue weighted by atomic mass is 9.59. The third-order valence-electron chi connectivity index (χ3n) is 8.55. The third kappa shape index (κ3) is 4.16. The van der Waals surface area contributed by atoms with Crippen LogP contribution in [0.1, 0.15) is 49.7 Å². The van der Waals surface area contributed by atoms with Gasteiger partial charge >= 0.3 is 0 Å². The Bertz CT molecular complexity index is 1400. The Kier molecular flexibility index (Phi) is 6.92. The molecule has 12 nitrogen and oxygen atoms in total. The van der Waals surface area contributed by atoms with E-state index in [4.69, 9.17) is 10.6 Å². The maximum absolute atomic E-state index is 15.3. The molecule has 1 aromatic rings. The molecule has 214 valence electrons. The number of Topliss-reactive ketones (excluding diaryl/α,β-unsaturated/α-hetero) is 2. The number of carbonyl (C=O) groups excluding carboxylic acids is 4. The summed E-state index contributed by atoms with van der Waals surface area (Å²) in [5, 5.41) is 48.0. The highest BCUT2D eigenvalue weighted by atomic mass is 19.1. The fraction of sp³-hybridized carbons (Fsp3) is 0.481. The van der Waals surface area contributed by atoms with Crippen LogP contribution in [-0.2, 0) is 30.4 Å². The van der Waals surface area contributed by atoms with Crippen molar-refractivity contribution < 1.29 is 48.8 Å². The average Bonchev–Trinajstić information content (AvgIpc) is 3.42. The predicted octanol–water partition coefficient (Wildman–Crippen LogP) is 1.31. The molecular weight excluding hydrogens is 529 g/mol. The number of anilines is 1. The normalized spacial score (nSPS) is 26.6. The van der Waals surface area contributed by atoms with Crippen LogP contribution in [0.4, 0.5) is 10.1 Å². The van der Waals surface area contributed by atoms with Crippen molar-refractivity contribution in [3.63, 3.8) is 0 Å². The Hall–Kier alpha value is -3.81. The number of aromatic hydroxyl groups is 1. The molecule has 2 saturated carbocycles. The number of amides is 2. The summed E-state index contributed by atoms with van der Waals surface area (Å²) in [4.78, 5) is 55.8. The fourth-order valence-corrected chi connectivity index (χ4v) is 6.61. The average molecular weight is 560 g/mol. The third-order valence-corrected chi connectivity index (χ3v) is 8.55. The summed E-state index contributed by atoms with van der Waals surface area (Å²) in [5.41, 5.74) is 0.243. The molecule has 0 aliphatic heterocycles. The first-order valence-electron chi connectivity index (χ1n) is 13.0. The zero-order valence-electron chi connectivity index (χ0n) is 21.7. The number of benzene rings is 1. The van der Waals surface area contributed by atoms with Gasteiger partial charge in [-0.1, -0.05) is 12.8 Å². The number of phenolic OH excluding ortho intramolecular Hbond substituents is 1. The Labute approximate surface area is 227 Å². The first-order valence-corrected chi connectivity index (χ1v) is 13.0. The van der Waals surface area contributed by atoms with Crippen LogP contribution >= 0.6 is 0 Å². The van der Waals surface area contributed by atoms with Crippen molar-refractivity contribution in [1.29, 1.82) is 0 Å². The van der Waals surface area contributed by atoms with Crippen molar-refractivity contribution in [2.45, 2.75) is 56.6 Å². The summed E-state index contributed by atoms with van der Waals surface area (Å²) in [6.45, 7) is -0.201. The number of fused-ring (bicyclic) bond motifs is 3. The van der Waals surface area contributed by atoms with E-state index >= 15 is 4.39 Å². The van der Waals surface area contributed by atoms with E-state index in [9.17, 15) is 39.6 Å². The van der Waals surface area contributed by atoms with E-state index in [1.807, 2.05) is 0 Å². The lowest BCUT2D eigenvalue weighted by Crippen LogP contribution is -2.58. The Morgan fingerprint density at radius 2 is 1.88 bits per heavy atom. The summed E-state index contributed by atoms with van der Waals surface area (Å²) in [7, 11) is 1.43. The maximum Gasteiger partial charge on any atom is 0.255 e. The number of nitrogens with zero attached hydrogens (tertiary/aromatic N) is 1. The number of primary amides is 1. The molecule has 5 rings (SSSR count). The topological polar surface area (TPSA) is 200 Å². The minimum absolute atomic E-state index is 0.0397. The number of phenols is 1. The predicted molar refractivity (Wildman–Crippen MR) is 136 cm³/mol. The van der Waals surface area contributed by atoms with Gasteiger partial charge in [0.1, 0.15) is 29.5 Å². The van der Waals surface area contributed by atoms with Crippen LogP contribution in [0.15, 0.2) is 23.0 Å². The quantitative estimate of drug-likeness (QED) is 0.168. The molecule has 0 bridgehead atoms.